The van der Waals surface area contributed by atoms with Crippen LogP contribution in [0.2, 0.25) is 0 Å². The average Bonchev–Trinajstić information content (AvgIpc) is 0. The molecule has 8 N–H and O–H groups in total. The summed E-state index contributed by atoms with van der Waals surface area (Å²) in [5.41, 5.74) is 0. The fourth-order valence-corrected chi connectivity index (χ4v) is 0. The number of hydrogen-bond acceptors (Lipinski definition) is 0. The van der Waals surface area contributed by atoms with E-state index in [1.807, 2.05) is 0 Å². The highest BCUT2D eigenvalue weighted by Crippen LogP contribution is 0.695. The molecule has 0 aromatic carbocycles. The number of rotatable bonds is 0. The summed E-state index contributed by atoms with van der Waals surface area (Å²) in [5, 5.41) is 0. The van der Waals surface area contributed by atoms with Crippen LogP contribution in [0.5, 0.6) is 0 Å². The largest absolute Gasteiger partial charge is 0.412 e. The van der Waals surface area contributed by atoms with Crippen molar-refractivity contribution in [2.24, 2.45) is 0 Å². The molecule has 0 heterocycles. The Morgan fingerprint density at radius 2 is 0.200 bits per heavy atom. The third-order valence-electron chi connectivity index (χ3n) is 0. The molecule has 0 amide bonds. The van der Waals surface area contributed by atoms with E-state index < -0.39 is 0 Å². The first kappa shape index (κ1) is 519. The van der Waals surface area contributed by atoms with Crippen LogP contribution in [0, 0.1) is 0 Å². The minimum absolute atomic E-state index is 0. The van der Waals surface area contributed by atoms with Gasteiger partial charge in [-0.25, -0.2) is 0 Å². The molecule has 10 heteroatoms. The molecule has 10 heavy (non-hydrogen) atoms. The van der Waals surface area contributed by atoms with Crippen molar-refractivity contribution in [3.05, 3.63) is 0 Å². The molecule has 4 nitrogen and oxygen atoms in total. The second kappa shape index (κ2) is 389. The van der Waals surface area contributed by atoms with Crippen LogP contribution < -0.4 is 0 Å². The van der Waals surface area contributed by atoms with Gasteiger partial charge in [-0.3, -0.25) is 0 Å². The highest BCUT2D eigenvalue weighted by Gasteiger charge is -0.141. The smallest absolute Gasteiger partial charge is 0.147 e. The topological polar surface area (TPSA) is 126 Å². The van der Waals surface area contributed by atoms with Crippen molar-refractivity contribution >= 4 is 74.4 Å². The van der Waals surface area contributed by atoms with Crippen molar-refractivity contribution in [2.45, 2.75) is 0 Å². The van der Waals surface area contributed by atoms with Crippen molar-refractivity contribution in [1.82, 2.24) is 0 Å². The monoisotopic (exact) mass is 288 g/mol. The van der Waals surface area contributed by atoms with Crippen molar-refractivity contribution in [3.8, 4) is 0 Å². The van der Waals surface area contributed by atoms with Gasteiger partial charge in [0, 0.05) is 0 Å². The van der Waals surface area contributed by atoms with Gasteiger partial charge in [0.05, 0.1) is 0 Å². The third-order valence-corrected chi connectivity index (χ3v) is 0. The average molecular weight is 291 g/mol. The van der Waals surface area contributed by atoms with Gasteiger partial charge in [0.2, 0.25) is 0 Å². The Morgan fingerprint density at radius 1 is 0.200 bits per heavy atom. The summed E-state index contributed by atoms with van der Waals surface area (Å²) in [6.07, 6.45) is 0. The van der Waals surface area contributed by atoms with Crippen LogP contribution in [0.3, 0.4) is 0 Å². The highest BCUT2D eigenvalue weighted by atomic mass is 35.5. The molecule has 0 spiro atoms. The van der Waals surface area contributed by atoms with E-state index in [1.165, 1.54) is 0 Å². The molecule has 0 aliphatic heterocycles. The Hall–Kier alpha value is 1.58. The quantitative estimate of drug-likeness (QED) is 0.555. The van der Waals surface area contributed by atoms with Gasteiger partial charge < -0.3 is 21.9 Å². The van der Waals surface area contributed by atoms with Gasteiger partial charge in [0.1, 0.15) is 0 Å². The van der Waals surface area contributed by atoms with Crippen molar-refractivity contribution in [2.75, 3.05) is 0 Å². The summed E-state index contributed by atoms with van der Waals surface area (Å²) in [7, 11) is 0. The minimum Gasteiger partial charge on any atom is -0.412 e. The zero-order chi connectivity index (χ0) is 0. The molecule has 0 bridgehead atoms. The molecule has 0 fully saturated rings. The Balaban J connectivity index is 0. The van der Waals surface area contributed by atoms with E-state index >= 15 is 0 Å². The van der Waals surface area contributed by atoms with E-state index in [-0.39, 0.29) is 96.3 Å². The van der Waals surface area contributed by atoms with Gasteiger partial charge >= 0.3 is 0 Å². The Labute approximate surface area is 96.2 Å². The van der Waals surface area contributed by atoms with E-state index in [0.717, 1.165) is 0 Å². The van der Waals surface area contributed by atoms with Gasteiger partial charge in [-0.05, 0) is 0 Å². The molecule has 0 atom stereocenters. The summed E-state index contributed by atoms with van der Waals surface area (Å²) < 4.78 is 0. The molecular weight excluding hydrogens is 277 g/mol. The van der Waals surface area contributed by atoms with Crippen molar-refractivity contribution in [1.29, 1.82) is 0 Å². The maximum atomic E-state index is 0. The van der Waals surface area contributed by atoms with Crippen LogP contribution in [0.4, 0.5) is 0 Å². The lowest BCUT2D eigenvalue weighted by atomic mass is 16.0. The SMILES string of the molecule is Cl.Cl.Cl.Cl.Cl.Cl.O.O.O.O. The van der Waals surface area contributed by atoms with Gasteiger partial charge in [-0.15, -0.1) is 74.4 Å². The summed E-state index contributed by atoms with van der Waals surface area (Å²) in [5.74, 6) is 0. The van der Waals surface area contributed by atoms with Crippen LogP contribution in [0.15, 0.2) is 0 Å². The Kier molecular flexibility index (Phi) is 20200. The van der Waals surface area contributed by atoms with Crippen LogP contribution in [0.25, 0.3) is 0 Å². The van der Waals surface area contributed by atoms with Crippen molar-refractivity contribution in [3.63, 3.8) is 0 Å². The van der Waals surface area contributed by atoms with Crippen LogP contribution in [0.1, 0.15) is 0 Å². The van der Waals surface area contributed by atoms with E-state index in [0.29, 0.717) is 0 Å². The Morgan fingerprint density at radius 3 is 0.200 bits per heavy atom. The first-order valence-electron chi connectivity index (χ1n) is 0. The maximum absolute atomic E-state index is 0. The predicted octanol–water partition coefficient (Wildman–Crippen LogP) is -0.768. The molecule has 0 saturated heterocycles. The molecule has 0 radical (unpaired) electrons. The molecule has 80 valence electrons. The van der Waals surface area contributed by atoms with E-state index in [2.05, 4.69) is 0 Å². The molecule has 0 aliphatic carbocycles. The normalized spacial score (nSPS) is 0. The standard InChI is InChI=1S/6ClH.4H2O/h6*1H;4*1H2. The Bertz CT molecular complexity index is 9.71. The van der Waals surface area contributed by atoms with Crippen LogP contribution in [-0.2, 0) is 0 Å². The molecular formula is H14Cl6O4. The van der Waals surface area contributed by atoms with Crippen molar-refractivity contribution < 1.29 is 21.9 Å². The van der Waals surface area contributed by atoms with Gasteiger partial charge in [-0.2, -0.15) is 0 Å². The lowest BCUT2D eigenvalue weighted by Crippen LogP contribution is -0.290. The maximum Gasteiger partial charge on any atom is -0.147 e. The third kappa shape index (κ3) is 283. The van der Waals surface area contributed by atoms with Crippen LogP contribution >= 0.6 is 74.4 Å². The molecule has 0 rings (SSSR count). The van der Waals surface area contributed by atoms with E-state index in [1.54, 1.807) is 0 Å². The van der Waals surface area contributed by atoms with Gasteiger partial charge in [-0.1, -0.05) is 0 Å². The highest BCUT2D eigenvalue weighted by molar-refractivity contribution is 5.86. The summed E-state index contributed by atoms with van der Waals surface area (Å²) in [6.45, 7) is 0. The molecule has 0 aromatic rings. The van der Waals surface area contributed by atoms with E-state index in [9.17, 15) is 0 Å². The second-order valence-corrected chi connectivity index (χ2v) is 0. The van der Waals surface area contributed by atoms with E-state index in [4.69, 9.17) is 0 Å². The summed E-state index contributed by atoms with van der Waals surface area (Å²) >= 11 is 0. The predicted molar refractivity (Wildman–Crippen MR) is 57.9 cm³/mol. The van der Waals surface area contributed by atoms with Crippen LogP contribution in [-0.4, -0.2) is 21.9 Å². The molecule has 0 aromatic heterocycles. The zero-order valence-corrected chi connectivity index (χ0v) is 9.35. The van der Waals surface area contributed by atoms with Gasteiger partial charge in [0.15, 0.2) is 0 Å². The number of halogens is 6. The molecule has 0 saturated carbocycles. The lowest BCUT2D eigenvalue weighted by molar-refractivity contribution is 0.823. The number of hydrogen-bond donors (Lipinski definition) is 0. The summed E-state index contributed by atoms with van der Waals surface area (Å²) in [4.78, 5) is 0. The van der Waals surface area contributed by atoms with Gasteiger partial charge in [0.25, 0.3) is 0 Å². The summed E-state index contributed by atoms with van der Waals surface area (Å²) in [6, 6.07) is 0. The lowest BCUT2D eigenvalue weighted by Gasteiger charge is -0.413. The molecule has 0 unspecified atom stereocenters. The fraction of sp³-hybridized carbons (Fsp3) is 0. The molecule has 0 aliphatic rings. The fourth-order valence-electron chi connectivity index (χ4n) is 0. The second-order valence-electron chi connectivity index (χ2n) is 0. The minimum atomic E-state index is 0. The zero-order valence-electron chi connectivity index (χ0n) is 4.45. The first-order chi connectivity index (χ1) is 0. The first-order valence-corrected chi connectivity index (χ1v) is 0.